The molecule has 1 heterocycles. The summed E-state index contributed by atoms with van der Waals surface area (Å²) in [4.78, 5) is 3.38. The van der Waals surface area contributed by atoms with Crippen molar-refractivity contribution in [1.29, 1.82) is 0 Å². The van der Waals surface area contributed by atoms with Crippen LogP contribution < -0.4 is 0 Å². The van der Waals surface area contributed by atoms with Crippen LogP contribution in [0.2, 0.25) is 0 Å². The van der Waals surface area contributed by atoms with E-state index in [1.807, 2.05) is 19.9 Å². The van der Waals surface area contributed by atoms with Gasteiger partial charge >= 0.3 is 0 Å². The Morgan fingerprint density at radius 2 is 1.00 bits per heavy atom. The average molecular weight is 317 g/mol. The van der Waals surface area contributed by atoms with Crippen molar-refractivity contribution in [3.8, 4) is 0 Å². The zero-order valence-corrected chi connectivity index (χ0v) is 15.1. The van der Waals surface area contributed by atoms with Crippen LogP contribution in [0.15, 0.2) is 78.9 Å². The standard InChI is InChI=1S/C12H9N.C9H12.C2H6/c1-3-7-11-9(5-1)10-6-2-4-8-12(10)13-11;1-8(2)9-6-4-3-5-7-9;1-2/h1-8,13H;3-8H,1-2H3;1-2H3. The van der Waals surface area contributed by atoms with E-state index in [2.05, 4.69) is 91.6 Å². The Labute approximate surface area is 145 Å². The van der Waals surface area contributed by atoms with E-state index in [-0.39, 0.29) is 0 Å². The van der Waals surface area contributed by atoms with Crippen molar-refractivity contribution in [2.45, 2.75) is 33.6 Å². The lowest BCUT2D eigenvalue weighted by molar-refractivity contribution is 0.867. The minimum absolute atomic E-state index is 0.659. The van der Waals surface area contributed by atoms with E-state index >= 15 is 0 Å². The molecule has 4 aromatic rings. The maximum absolute atomic E-state index is 3.38. The smallest absolute Gasteiger partial charge is 0.0464 e. The van der Waals surface area contributed by atoms with Crippen LogP contribution in [0, 0.1) is 0 Å². The molecule has 0 amide bonds. The highest BCUT2D eigenvalue weighted by Gasteiger charge is 2.00. The van der Waals surface area contributed by atoms with Crippen LogP contribution in [0.1, 0.15) is 39.2 Å². The number of aromatic nitrogens is 1. The fourth-order valence-electron chi connectivity index (χ4n) is 2.64. The van der Waals surface area contributed by atoms with Crippen LogP contribution in [0.25, 0.3) is 21.8 Å². The second kappa shape index (κ2) is 8.93. The summed E-state index contributed by atoms with van der Waals surface area (Å²) in [6.45, 7) is 8.41. The molecule has 0 aliphatic carbocycles. The molecule has 0 saturated heterocycles. The van der Waals surface area contributed by atoms with Gasteiger partial charge in [0.2, 0.25) is 0 Å². The highest BCUT2D eigenvalue weighted by Crippen LogP contribution is 2.24. The molecule has 1 nitrogen and oxygen atoms in total. The minimum atomic E-state index is 0.659. The lowest BCUT2D eigenvalue weighted by Gasteiger charge is -2.01. The van der Waals surface area contributed by atoms with Crippen molar-refractivity contribution in [1.82, 2.24) is 4.98 Å². The third kappa shape index (κ3) is 4.26. The molecule has 0 aliphatic heterocycles. The number of nitrogens with one attached hydrogen (secondary N) is 1. The van der Waals surface area contributed by atoms with E-state index in [0.29, 0.717) is 5.92 Å². The third-order valence-corrected chi connectivity index (χ3v) is 3.88. The van der Waals surface area contributed by atoms with Crippen molar-refractivity contribution in [2.75, 3.05) is 0 Å². The largest absolute Gasteiger partial charge is 0.355 e. The topological polar surface area (TPSA) is 15.8 Å². The Bertz CT molecular complexity index is 806. The number of benzene rings is 3. The molecule has 3 aromatic carbocycles. The Hall–Kier alpha value is -2.54. The van der Waals surface area contributed by atoms with Gasteiger partial charge in [-0.1, -0.05) is 94.4 Å². The summed E-state index contributed by atoms with van der Waals surface area (Å²) in [7, 11) is 0. The highest BCUT2D eigenvalue weighted by molar-refractivity contribution is 6.06. The molecule has 0 radical (unpaired) electrons. The molecule has 1 heteroatoms. The van der Waals surface area contributed by atoms with Gasteiger partial charge in [0.1, 0.15) is 0 Å². The SMILES string of the molecule is CC.CC(C)c1ccccc1.c1ccc2c(c1)[nH]c1ccccc12. The molecule has 1 N–H and O–H groups in total. The molecule has 4 rings (SSSR count). The van der Waals surface area contributed by atoms with Gasteiger partial charge in [0, 0.05) is 21.8 Å². The number of hydrogen-bond acceptors (Lipinski definition) is 0. The first kappa shape index (κ1) is 17.8. The van der Waals surface area contributed by atoms with Crippen molar-refractivity contribution in [2.24, 2.45) is 0 Å². The van der Waals surface area contributed by atoms with E-state index in [1.54, 1.807) is 0 Å². The van der Waals surface area contributed by atoms with Gasteiger partial charge in [0.05, 0.1) is 0 Å². The molecule has 0 spiro atoms. The quantitative estimate of drug-likeness (QED) is 0.383. The molecule has 1 aromatic heterocycles. The first-order valence-corrected chi connectivity index (χ1v) is 8.76. The van der Waals surface area contributed by atoms with Crippen LogP contribution in [0.4, 0.5) is 0 Å². The summed E-state index contributed by atoms with van der Waals surface area (Å²) in [6, 6.07) is 27.3. The number of rotatable bonds is 1. The number of aromatic amines is 1. The van der Waals surface area contributed by atoms with Gasteiger partial charge in [-0.3, -0.25) is 0 Å². The van der Waals surface area contributed by atoms with Crippen LogP contribution in [0.3, 0.4) is 0 Å². The number of H-pyrrole nitrogens is 1. The summed E-state index contributed by atoms with van der Waals surface area (Å²) < 4.78 is 0. The fraction of sp³-hybridized carbons (Fsp3) is 0.217. The fourth-order valence-corrected chi connectivity index (χ4v) is 2.64. The molecule has 24 heavy (non-hydrogen) atoms. The maximum Gasteiger partial charge on any atom is 0.0464 e. The summed E-state index contributed by atoms with van der Waals surface area (Å²) >= 11 is 0. The summed E-state index contributed by atoms with van der Waals surface area (Å²) in [5.74, 6) is 0.659. The van der Waals surface area contributed by atoms with E-state index in [4.69, 9.17) is 0 Å². The van der Waals surface area contributed by atoms with E-state index in [0.717, 1.165) is 0 Å². The summed E-state index contributed by atoms with van der Waals surface area (Å²) in [5, 5.41) is 2.61. The van der Waals surface area contributed by atoms with E-state index < -0.39 is 0 Å². The van der Waals surface area contributed by atoms with Crippen LogP contribution in [0.5, 0.6) is 0 Å². The van der Waals surface area contributed by atoms with Crippen molar-refractivity contribution in [3.05, 3.63) is 84.4 Å². The Morgan fingerprint density at radius 1 is 0.583 bits per heavy atom. The summed E-state index contributed by atoms with van der Waals surface area (Å²) in [6.07, 6.45) is 0. The van der Waals surface area contributed by atoms with E-state index in [9.17, 15) is 0 Å². The molecule has 0 unspecified atom stereocenters. The Morgan fingerprint density at radius 3 is 1.42 bits per heavy atom. The number of para-hydroxylation sites is 2. The van der Waals surface area contributed by atoms with Gasteiger partial charge in [-0.05, 0) is 23.6 Å². The monoisotopic (exact) mass is 317 g/mol. The van der Waals surface area contributed by atoms with Gasteiger partial charge in [0.25, 0.3) is 0 Å². The predicted octanol–water partition coefficient (Wildman–Crippen LogP) is 7.16. The predicted molar refractivity (Wildman–Crippen MR) is 108 cm³/mol. The van der Waals surface area contributed by atoms with Crippen LogP contribution >= 0.6 is 0 Å². The van der Waals surface area contributed by atoms with Crippen molar-refractivity contribution in [3.63, 3.8) is 0 Å². The lowest BCUT2D eigenvalue weighted by atomic mass is 10.0. The molecule has 0 bridgehead atoms. The molecule has 0 atom stereocenters. The van der Waals surface area contributed by atoms with Crippen LogP contribution in [-0.2, 0) is 0 Å². The average Bonchev–Trinajstić information content (AvgIpc) is 3.03. The molecular formula is C23H27N. The third-order valence-electron chi connectivity index (χ3n) is 3.88. The van der Waals surface area contributed by atoms with E-state index in [1.165, 1.54) is 27.4 Å². The zero-order chi connectivity index (χ0) is 17.4. The van der Waals surface area contributed by atoms with Gasteiger partial charge in [-0.2, -0.15) is 0 Å². The molecule has 0 fully saturated rings. The van der Waals surface area contributed by atoms with Gasteiger partial charge in [-0.15, -0.1) is 0 Å². The minimum Gasteiger partial charge on any atom is -0.355 e. The first-order chi connectivity index (χ1) is 11.8. The zero-order valence-electron chi connectivity index (χ0n) is 15.1. The van der Waals surface area contributed by atoms with Crippen LogP contribution in [-0.4, -0.2) is 4.98 Å². The molecular weight excluding hydrogens is 290 g/mol. The highest BCUT2D eigenvalue weighted by atomic mass is 14.7. The second-order valence-electron chi connectivity index (χ2n) is 5.78. The van der Waals surface area contributed by atoms with Gasteiger partial charge in [0.15, 0.2) is 0 Å². The normalized spacial score (nSPS) is 10.0. The molecule has 0 aliphatic rings. The lowest BCUT2D eigenvalue weighted by Crippen LogP contribution is -1.83. The first-order valence-electron chi connectivity index (χ1n) is 8.76. The summed E-state index contributed by atoms with van der Waals surface area (Å²) in [5.41, 5.74) is 3.84. The second-order valence-corrected chi connectivity index (χ2v) is 5.78. The molecule has 0 saturated carbocycles. The number of hydrogen-bond donors (Lipinski definition) is 1. The van der Waals surface area contributed by atoms with Gasteiger partial charge in [-0.25, -0.2) is 0 Å². The Kier molecular flexibility index (Phi) is 6.62. The van der Waals surface area contributed by atoms with Crippen molar-refractivity contribution >= 4 is 21.8 Å². The number of fused-ring (bicyclic) bond motifs is 3. The van der Waals surface area contributed by atoms with Crippen molar-refractivity contribution < 1.29 is 0 Å². The maximum atomic E-state index is 3.38. The van der Waals surface area contributed by atoms with Gasteiger partial charge < -0.3 is 4.98 Å². The molecule has 124 valence electrons. The Balaban J connectivity index is 0.000000167.